The van der Waals surface area contributed by atoms with E-state index in [2.05, 4.69) is 0 Å². The molecule has 1 amide bonds. The Morgan fingerprint density at radius 1 is 1.30 bits per heavy atom. The molecule has 2 rings (SSSR count). The molecule has 1 aromatic carbocycles. The van der Waals surface area contributed by atoms with Gasteiger partial charge in [0.25, 0.3) is 5.69 Å². The van der Waals surface area contributed by atoms with Gasteiger partial charge in [-0.25, -0.2) is 4.79 Å². The predicted octanol–water partition coefficient (Wildman–Crippen LogP) is 2.90. The fourth-order valence-electron chi connectivity index (χ4n) is 3.97. The van der Waals surface area contributed by atoms with E-state index in [0.717, 1.165) is 19.6 Å². The molecule has 1 aliphatic rings. The Hall–Kier alpha value is -2.94. The topological polar surface area (TPSA) is 110 Å². The number of hydrogen-bond acceptors (Lipinski definition) is 6. The quantitative estimate of drug-likeness (QED) is 0.156. The van der Waals surface area contributed by atoms with Crippen LogP contribution in [0.4, 0.5) is 5.69 Å². The summed E-state index contributed by atoms with van der Waals surface area (Å²) in [5.41, 5.74) is 0.510. The highest BCUT2D eigenvalue weighted by molar-refractivity contribution is 5.90. The minimum atomic E-state index is -1.21. The van der Waals surface area contributed by atoms with Crippen LogP contribution in [0.3, 0.4) is 0 Å². The second-order valence-corrected chi connectivity index (χ2v) is 7.30. The number of hydrogen-bond donors (Lipinski definition) is 1. The third-order valence-electron chi connectivity index (χ3n) is 6.09. The SMILES string of the molecule is CC=C(O)C(C(=O)OCc1ccc([N+](=O)[O-])cc1)N1C(=O)CC1[N+](CC)(CC)CC. The number of amides is 1. The maximum absolute atomic E-state index is 12.9. The van der Waals surface area contributed by atoms with E-state index in [1.165, 1.54) is 35.2 Å². The predicted molar refractivity (Wildman–Crippen MR) is 110 cm³/mol. The average molecular weight is 420 g/mol. The molecule has 1 N–H and O–H groups in total. The number of β-lactam (4-membered cyclic amide) rings is 1. The minimum absolute atomic E-state index is 0.0589. The van der Waals surface area contributed by atoms with E-state index in [4.69, 9.17) is 4.74 Å². The number of nitrogens with zero attached hydrogens (tertiary/aromatic N) is 3. The van der Waals surface area contributed by atoms with Crippen LogP contribution in [0.5, 0.6) is 0 Å². The zero-order valence-electron chi connectivity index (χ0n) is 17.9. The maximum Gasteiger partial charge on any atom is 0.337 e. The first-order chi connectivity index (χ1) is 14.2. The van der Waals surface area contributed by atoms with Crippen molar-refractivity contribution in [3.63, 3.8) is 0 Å². The van der Waals surface area contributed by atoms with Gasteiger partial charge in [-0.3, -0.25) is 19.8 Å². The highest BCUT2D eigenvalue weighted by Crippen LogP contribution is 2.33. The summed E-state index contributed by atoms with van der Waals surface area (Å²) in [4.78, 5) is 37.0. The number of aliphatic hydroxyl groups excluding tert-OH is 1. The molecule has 0 bridgehead atoms. The second-order valence-electron chi connectivity index (χ2n) is 7.30. The van der Waals surface area contributed by atoms with Gasteiger partial charge in [-0.15, -0.1) is 0 Å². The highest BCUT2D eigenvalue weighted by Gasteiger charge is 2.54. The Balaban J connectivity index is 2.21. The van der Waals surface area contributed by atoms with Crippen molar-refractivity contribution in [2.75, 3.05) is 19.6 Å². The number of nitro benzene ring substituents is 1. The first kappa shape index (κ1) is 23.3. The third-order valence-corrected chi connectivity index (χ3v) is 6.09. The summed E-state index contributed by atoms with van der Waals surface area (Å²) in [6.45, 7) is 10.00. The molecule has 9 nitrogen and oxygen atoms in total. The van der Waals surface area contributed by atoms with Gasteiger partial charge in [0, 0.05) is 12.1 Å². The molecule has 9 heteroatoms. The number of benzene rings is 1. The van der Waals surface area contributed by atoms with E-state index in [0.29, 0.717) is 16.5 Å². The molecule has 30 heavy (non-hydrogen) atoms. The highest BCUT2D eigenvalue weighted by atomic mass is 16.6. The van der Waals surface area contributed by atoms with Gasteiger partial charge in [0.05, 0.1) is 31.0 Å². The van der Waals surface area contributed by atoms with Gasteiger partial charge in [0.1, 0.15) is 12.4 Å². The lowest BCUT2D eigenvalue weighted by molar-refractivity contribution is -0.959. The molecule has 1 aliphatic heterocycles. The first-order valence-corrected chi connectivity index (χ1v) is 10.2. The number of allylic oxidation sites excluding steroid dienone is 1. The van der Waals surface area contributed by atoms with Crippen molar-refractivity contribution in [1.82, 2.24) is 4.90 Å². The number of likely N-dealkylation sites (tertiary alicyclic amines) is 1. The Bertz CT molecular complexity index is 808. The van der Waals surface area contributed by atoms with Gasteiger partial charge in [-0.1, -0.05) is 0 Å². The van der Waals surface area contributed by atoms with E-state index in [9.17, 15) is 24.8 Å². The number of nitro groups is 1. The molecule has 1 heterocycles. The van der Waals surface area contributed by atoms with Crippen LogP contribution in [0.2, 0.25) is 0 Å². The van der Waals surface area contributed by atoms with Crippen molar-refractivity contribution in [2.45, 2.75) is 52.9 Å². The van der Waals surface area contributed by atoms with Crippen molar-refractivity contribution < 1.29 is 28.8 Å². The van der Waals surface area contributed by atoms with Gasteiger partial charge in [0.2, 0.25) is 5.91 Å². The molecule has 0 saturated carbocycles. The Morgan fingerprint density at radius 2 is 1.87 bits per heavy atom. The molecular weight excluding hydrogens is 390 g/mol. The zero-order chi connectivity index (χ0) is 22.5. The summed E-state index contributed by atoms with van der Waals surface area (Å²) in [5, 5.41) is 21.2. The van der Waals surface area contributed by atoms with Gasteiger partial charge < -0.3 is 14.3 Å². The largest absolute Gasteiger partial charge is 0.510 e. The van der Waals surface area contributed by atoms with Gasteiger partial charge >= 0.3 is 5.97 Å². The van der Waals surface area contributed by atoms with Crippen LogP contribution in [0, 0.1) is 10.1 Å². The van der Waals surface area contributed by atoms with E-state index in [1.54, 1.807) is 6.92 Å². The van der Waals surface area contributed by atoms with Crippen molar-refractivity contribution in [2.24, 2.45) is 0 Å². The lowest BCUT2D eigenvalue weighted by Gasteiger charge is -2.53. The van der Waals surface area contributed by atoms with Gasteiger partial charge in [-0.05, 0) is 51.5 Å². The zero-order valence-corrected chi connectivity index (χ0v) is 17.9. The number of rotatable bonds is 10. The van der Waals surface area contributed by atoms with Crippen molar-refractivity contribution >= 4 is 17.6 Å². The molecule has 2 atom stereocenters. The molecule has 1 fully saturated rings. The molecule has 1 saturated heterocycles. The molecule has 2 unspecified atom stereocenters. The number of ether oxygens (including phenoxy) is 1. The van der Waals surface area contributed by atoms with Crippen LogP contribution in [-0.4, -0.2) is 63.1 Å². The standard InChI is InChI=1S/C21H29N3O6/c1-5-17(25)20(22-18(13-19(22)26)24(6-2,7-3)8-4)21(27)30-14-15-9-11-16(12-10-15)23(28)29/h5,9-12,18,20H,6-8,13-14H2,1-4H3/p+1. The van der Waals surface area contributed by atoms with Gasteiger partial charge in [0.15, 0.2) is 12.2 Å². The molecule has 1 aromatic rings. The fourth-order valence-corrected chi connectivity index (χ4v) is 3.97. The Labute approximate surface area is 176 Å². The molecule has 0 aliphatic carbocycles. The fraction of sp³-hybridized carbons (Fsp3) is 0.524. The number of aliphatic hydroxyl groups is 1. The summed E-state index contributed by atoms with van der Waals surface area (Å²) < 4.78 is 6.00. The summed E-state index contributed by atoms with van der Waals surface area (Å²) >= 11 is 0. The van der Waals surface area contributed by atoms with Crippen LogP contribution in [0.1, 0.15) is 39.7 Å². The normalized spacial score (nSPS) is 18.0. The van der Waals surface area contributed by atoms with E-state index >= 15 is 0 Å². The second kappa shape index (κ2) is 9.71. The molecular formula is C21H30N3O6+. The van der Waals surface area contributed by atoms with Crippen LogP contribution in [0.15, 0.2) is 36.1 Å². The van der Waals surface area contributed by atoms with Crippen LogP contribution in [0.25, 0.3) is 0 Å². The van der Waals surface area contributed by atoms with Crippen molar-refractivity contribution in [1.29, 1.82) is 0 Å². The average Bonchev–Trinajstić information content (AvgIpc) is 2.76. The lowest BCUT2D eigenvalue weighted by atomic mass is 9.99. The Kier molecular flexibility index (Phi) is 7.55. The van der Waals surface area contributed by atoms with Crippen LogP contribution >= 0.6 is 0 Å². The van der Waals surface area contributed by atoms with Crippen LogP contribution in [-0.2, 0) is 20.9 Å². The van der Waals surface area contributed by atoms with E-state index in [-0.39, 0.29) is 30.1 Å². The number of carbonyl (C=O) groups excluding carboxylic acids is 2. The number of carbonyl (C=O) groups is 2. The van der Waals surface area contributed by atoms with Crippen molar-refractivity contribution in [3.8, 4) is 0 Å². The lowest BCUT2D eigenvalue weighted by Crippen LogP contribution is -2.73. The number of non-ortho nitro benzene ring substituents is 1. The summed E-state index contributed by atoms with van der Waals surface area (Å²) in [6.07, 6.45) is 1.49. The summed E-state index contributed by atoms with van der Waals surface area (Å²) in [6, 6.07) is 4.45. The van der Waals surface area contributed by atoms with E-state index in [1.807, 2.05) is 20.8 Å². The van der Waals surface area contributed by atoms with Crippen LogP contribution < -0.4 is 0 Å². The Morgan fingerprint density at radius 3 is 2.30 bits per heavy atom. The third kappa shape index (κ3) is 4.46. The smallest absolute Gasteiger partial charge is 0.337 e. The first-order valence-electron chi connectivity index (χ1n) is 10.2. The molecule has 164 valence electrons. The maximum atomic E-state index is 12.9. The van der Waals surface area contributed by atoms with Crippen molar-refractivity contribution in [3.05, 3.63) is 51.8 Å². The van der Waals surface area contributed by atoms with Gasteiger partial charge in [-0.2, -0.15) is 0 Å². The molecule has 0 aromatic heterocycles. The van der Waals surface area contributed by atoms with E-state index < -0.39 is 16.9 Å². The summed E-state index contributed by atoms with van der Waals surface area (Å²) in [7, 11) is 0. The number of quaternary nitrogens is 1. The minimum Gasteiger partial charge on any atom is -0.510 e. The monoisotopic (exact) mass is 420 g/mol. The molecule has 0 radical (unpaired) electrons. The molecule has 0 spiro atoms. The summed E-state index contributed by atoms with van der Waals surface area (Å²) in [5.74, 6) is -1.17. The number of esters is 1.